The van der Waals surface area contributed by atoms with Gasteiger partial charge in [0.2, 0.25) is 0 Å². The Morgan fingerprint density at radius 3 is 2.69 bits per heavy atom. The molecule has 0 saturated carbocycles. The van der Waals surface area contributed by atoms with Gasteiger partial charge in [0.1, 0.15) is 12.1 Å². The third-order valence-electron chi connectivity index (χ3n) is 5.11. The third-order valence-corrected chi connectivity index (χ3v) is 5.11. The van der Waals surface area contributed by atoms with Gasteiger partial charge in [0.25, 0.3) is 0 Å². The number of hydrogen-bond donors (Lipinski definition) is 2. The first-order valence-electron chi connectivity index (χ1n) is 8.62. The van der Waals surface area contributed by atoms with Crippen LogP contribution in [-0.2, 0) is 0 Å². The molecule has 2 aromatic heterocycles. The number of rotatable bonds is 2. The Morgan fingerprint density at radius 1 is 1.15 bits per heavy atom. The molecule has 0 fully saturated rings. The zero-order valence-corrected chi connectivity index (χ0v) is 14.5. The lowest BCUT2D eigenvalue weighted by Gasteiger charge is -2.27. The lowest BCUT2D eigenvalue weighted by Crippen LogP contribution is -2.30. The fourth-order valence-corrected chi connectivity index (χ4v) is 3.93. The maximum Gasteiger partial charge on any atom is 0.327 e. The predicted molar refractivity (Wildman–Crippen MR) is 99.7 cm³/mol. The molecule has 130 valence electrons. The molecule has 2 aromatic carbocycles. The molecule has 0 aliphatic carbocycles. The molecule has 0 saturated heterocycles. The average Bonchev–Trinajstić information content (AvgIpc) is 3.17. The highest BCUT2D eigenvalue weighted by molar-refractivity contribution is 5.92. The topological polar surface area (TPSA) is 75.7 Å². The molecule has 1 unspecified atom stereocenters. The summed E-state index contributed by atoms with van der Waals surface area (Å²) in [6.07, 6.45) is 0. The minimum Gasteiger partial charge on any atom is -0.488 e. The first-order chi connectivity index (χ1) is 12.6. The van der Waals surface area contributed by atoms with Gasteiger partial charge in [0.05, 0.1) is 17.3 Å². The normalized spacial score (nSPS) is 16.0. The van der Waals surface area contributed by atoms with Crippen molar-refractivity contribution in [1.82, 2.24) is 19.7 Å². The van der Waals surface area contributed by atoms with E-state index in [-0.39, 0.29) is 11.7 Å². The van der Waals surface area contributed by atoms with Crippen LogP contribution in [0.15, 0.2) is 47.3 Å². The van der Waals surface area contributed by atoms with Crippen LogP contribution in [0.25, 0.3) is 22.2 Å². The Morgan fingerprint density at radius 2 is 1.96 bits per heavy atom. The highest BCUT2D eigenvalue weighted by atomic mass is 16.5. The van der Waals surface area contributed by atoms with Crippen molar-refractivity contribution in [2.24, 2.45) is 0 Å². The smallest absolute Gasteiger partial charge is 0.327 e. The summed E-state index contributed by atoms with van der Waals surface area (Å²) in [5, 5.41) is 7.32. The van der Waals surface area contributed by atoms with E-state index in [0.717, 1.165) is 44.9 Å². The highest BCUT2D eigenvalue weighted by Crippen LogP contribution is 2.42. The number of imidazole rings is 1. The second kappa shape index (κ2) is 5.36. The van der Waals surface area contributed by atoms with Crippen molar-refractivity contribution in [3.05, 3.63) is 69.9 Å². The van der Waals surface area contributed by atoms with Crippen molar-refractivity contribution in [3.8, 4) is 16.9 Å². The Bertz CT molecular complexity index is 1160. The quantitative estimate of drug-likeness (QED) is 0.585. The summed E-state index contributed by atoms with van der Waals surface area (Å²) < 4.78 is 8.04. The molecule has 1 aliphatic rings. The van der Waals surface area contributed by atoms with E-state index in [2.05, 4.69) is 15.2 Å². The maximum atomic E-state index is 12.7. The van der Waals surface area contributed by atoms with Crippen molar-refractivity contribution in [3.63, 3.8) is 0 Å². The van der Waals surface area contributed by atoms with Gasteiger partial charge in [-0.15, -0.1) is 0 Å². The van der Waals surface area contributed by atoms with Crippen LogP contribution in [0.4, 0.5) is 0 Å². The van der Waals surface area contributed by atoms with Gasteiger partial charge in [0, 0.05) is 16.8 Å². The molecule has 5 rings (SSSR count). The van der Waals surface area contributed by atoms with E-state index in [9.17, 15) is 4.79 Å². The number of aromatic nitrogens is 4. The highest BCUT2D eigenvalue weighted by Gasteiger charge is 2.29. The van der Waals surface area contributed by atoms with Crippen molar-refractivity contribution in [1.29, 1.82) is 0 Å². The molecule has 0 spiro atoms. The summed E-state index contributed by atoms with van der Waals surface area (Å²) in [4.78, 5) is 15.7. The van der Waals surface area contributed by atoms with Gasteiger partial charge in [-0.1, -0.05) is 30.3 Å². The Labute approximate surface area is 149 Å². The molecule has 0 bridgehead atoms. The fourth-order valence-electron chi connectivity index (χ4n) is 3.93. The van der Waals surface area contributed by atoms with Gasteiger partial charge in [-0.3, -0.25) is 9.67 Å². The van der Waals surface area contributed by atoms with Crippen LogP contribution in [0.2, 0.25) is 0 Å². The molecule has 4 aromatic rings. The summed E-state index contributed by atoms with van der Waals surface area (Å²) in [5.74, 6) is 0.737. The van der Waals surface area contributed by atoms with E-state index in [1.165, 1.54) is 0 Å². The maximum absolute atomic E-state index is 12.7. The first kappa shape index (κ1) is 15.0. The van der Waals surface area contributed by atoms with Gasteiger partial charge in [-0.05, 0) is 31.5 Å². The first-order valence-corrected chi connectivity index (χ1v) is 8.62. The molecule has 6 nitrogen and oxygen atoms in total. The van der Waals surface area contributed by atoms with Crippen LogP contribution < -0.4 is 10.4 Å². The number of hydrogen-bond acceptors (Lipinski definition) is 3. The van der Waals surface area contributed by atoms with Gasteiger partial charge >= 0.3 is 5.69 Å². The van der Waals surface area contributed by atoms with Gasteiger partial charge in [-0.2, -0.15) is 5.10 Å². The van der Waals surface area contributed by atoms with E-state index < -0.39 is 0 Å². The summed E-state index contributed by atoms with van der Waals surface area (Å²) >= 11 is 0. The number of H-pyrrole nitrogens is 2. The Balaban J connectivity index is 1.81. The summed E-state index contributed by atoms with van der Waals surface area (Å²) in [6, 6.07) is 13.8. The molecule has 6 heteroatoms. The lowest BCUT2D eigenvalue weighted by molar-refractivity contribution is 0.257. The predicted octanol–water partition coefficient (Wildman–Crippen LogP) is 3.32. The fraction of sp³-hybridized carbons (Fsp3) is 0.200. The standard InChI is InChI=1S/C20H18N4O2/c1-11-17(12(2)23-22-11)14-8-9-15-18-19(14)26-10-16(24(18)20(25)21-15)13-6-4-3-5-7-13/h3-9,16H,10H2,1-2H3,(H,21,25)(H,22,23). The number of nitrogens with one attached hydrogen (secondary N) is 2. The van der Waals surface area contributed by atoms with E-state index >= 15 is 0 Å². The second-order valence-electron chi connectivity index (χ2n) is 6.69. The van der Waals surface area contributed by atoms with Crippen LogP contribution in [-0.4, -0.2) is 26.4 Å². The lowest BCUT2D eigenvalue weighted by atomic mass is 10.00. The van der Waals surface area contributed by atoms with E-state index in [1.54, 1.807) is 0 Å². The van der Waals surface area contributed by atoms with Crippen molar-refractivity contribution in [2.75, 3.05) is 6.61 Å². The summed E-state index contributed by atoms with van der Waals surface area (Å²) in [7, 11) is 0. The molecule has 3 heterocycles. The van der Waals surface area contributed by atoms with Crippen molar-refractivity contribution >= 4 is 11.0 Å². The molecule has 1 aliphatic heterocycles. The number of aromatic amines is 2. The van der Waals surface area contributed by atoms with E-state index in [1.807, 2.05) is 60.9 Å². The third kappa shape index (κ3) is 1.98. The SMILES string of the molecule is Cc1n[nH]c(C)c1-c1ccc2[nH]c(=O)n3c2c1OCC3c1ccccc1. The number of ether oxygens (including phenoxy) is 1. The van der Waals surface area contributed by atoms with E-state index in [0.29, 0.717) is 6.61 Å². The van der Waals surface area contributed by atoms with Crippen LogP contribution in [0, 0.1) is 13.8 Å². The van der Waals surface area contributed by atoms with Crippen LogP contribution >= 0.6 is 0 Å². The molecular formula is C20H18N4O2. The average molecular weight is 346 g/mol. The van der Waals surface area contributed by atoms with Crippen LogP contribution in [0.1, 0.15) is 23.0 Å². The molecule has 2 N–H and O–H groups in total. The Hall–Kier alpha value is -3.28. The summed E-state index contributed by atoms with van der Waals surface area (Å²) in [6.45, 7) is 4.37. The molecule has 26 heavy (non-hydrogen) atoms. The second-order valence-corrected chi connectivity index (χ2v) is 6.69. The monoisotopic (exact) mass is 346 g/mol. The molecular weight excluding hydrogens is 328 g/mol. The zero-order valence-electron chi connectivity index (χ0n) is 14.5. The van der Waals surface area contributed by atoms with Crippen molar-refractivity contribution in [2.45, 2.75) is 19.9 Å². The molecule has 0 amide bonds. The van der Waals surface area contributed by atoms with Crippen molar-refractivity contribution < 1.29 is 4.74 Å². The van der Waals surface area contributed by atoms with Crippen LogP contribution in [0.5, 0.6) is 5.75 Å². The number of nitrogens with zero attached hydrogens (tertiary/aromatic N) is 2. The minimum atomic E-state index is -0.147. The molecule has 0 radical (unpaired) electrons. The minimum absolute atomic E-state index is 0.115. The number of aryl methyl sites for hydroxylation is 2. The molecule has 1 atom stereocenters. The van der Waals surface area contributed by atoms with E-state index in [4.69, 9.17) is 4.74 Å². The largest absolute Gasteiger partial charge is 0.488 e. The van der Waals surface area contributed by atoms with Gasteiger partial charge in [0.15, 0.2) is 5.75 Å². The van der Waals surface area contributed by atoms with Gasteiger partial charge < -0.3 is 9.72 Å². The van der Waals surface area contributed by atoms with Gasteiger partial charge in [-0.25, -0.2) is 4.79 Å². The van der Waals surface area contributed by atoms with Crippen LogP contribution in [0.3, 0.4) is 0 Å². The Kier molecular flexibility index (Phi) is 3.09. The zero-order chi connectivity index (χ0) is 17.8. The number of benzene rings is 2. The summed E-state index contributed by atoms with van der Waals surface area (Å²) in [5.41, 5.74) is 6.42.